The number of anilines is 1. The minimum atomic E-state index is -0.685. The molecule has 0 aliphatic carbocycles. The van der Waals surface area contributed by atoms with Crippen LogP contribution in [0.1, 0.15) is 42.4 Å². The van der Waals surface area contributed by atoms with Gasteiger partial charge in [0.1, 0.15) is 5.75 Å². The average molecular weight is 502 g/mol. The molecule has 4 rings (SSSR count). The van der Waals surface area contributed by atoms with Gasteiger partial charge in [-0.15, -0.1) is 0 Å². The minimum absolute atomic E-state index is 0.0414. The fourth-order valence-electron chi connectivity index (χ4n) is 3.18. The molecule has 2 N–H and O–H groups in total. The van der Waals surface area contributed by atoms with Crippen LogP contribution in [0.3, 0.4) is 0 Å². The molecule has 1 heterocycles. The number of furan rings is 1. The summed E-state index contributed by atoms with van der Waals surface area (Å²) in [6.45, 7) is 1.91. The Morgan fingerprint density at radius 3 is 2.44 bits per heavy atom. The average Bonchev–Trinajstić information content (AvgIpc) is 3.41. The van der Waals surface area contributed by atoms with Crippen LogP contribution in [0.2, 0.25) is 5.02 Å². The monoisotopic (exact) mass is 501 g/mol. The van der Waals surface area contributed by atoms with Gasteiger partial charge in [0.2, 0.25) is 5.76 Å². The summed E-state index contributed by atoms with van der Waals surface area (Å²) >= 11 is 6.05. The Morgan fingerprint density at radius 1 is 0.917 bits per heavy atom. The Bertz CT molecular complexity index is 1430. The van der Waals surface area contributed by atoms with Crippen LogP contribution in [0.4, 0.5) is 5.69 Å². The lowest BCUT2D eigenvalue weighted by Gasteiger charge is -2.07. The molecule has 1 aromatic heterocycles. The van der Waals surface area contributed by atoms with E-state index >= 15 is 0 Å². The van der Waals surface area contributed by atoms with Crippen molar-refractivity contribution in [3.8, 4) is 5.75 Å². The topological polar surface area (TPSA) is 110 Å². The van der Waals surface area contributed by atoms with Gasteiger partial charge in [-0.25, -0.2) is 10.2 Å². The van der Waals surface area contributed by atoms with E-state index in [-0.39, 0.29) is 17.4 Å². The number of carbonyl (C=O) groups is 3. The number of ether oxygens (including phenoxy) is 1. The number of nitrogens with zero attached hydrogens (tertiary/aromatic N) is 1. The molecule has 180 valence electrons. The lowest BCUT2D eigenvalue weighted by molar-refractivity contribution is 0.0700. The summed E-state index contributed by atoms with van der Waals surface area (Å²) in [5.41, 5.74) is 5.18. The van der Waals surface area contributed by atoms with Gasteiger partial charge in [-0.3, -0.25) is 9.59 Å². The molecule has 0 saturated carbocycles. The van der Waals surface area contributed by atoms with Gasteiger partial charge in [0.25, 0.3) is 11.8 Å². The number of benzene rings is 3. The van der Waals surface area contributed by atoms with E-state index in [9.17, 15) is 14.4 Å². The fraction of sp³-hybridized carbons (Fsp3) is 0.0370. The molecule has 8 nitrogen and oxygen atoms in total. The lowest BCUT2D eigenvalue weighted by Crippen LogP contribution is -2.18. The van der Waals surface area contributed by atoms with Gasteiger partial charge < -0.3 is 14.5 Å². The molecule has 0 atom stereocenters. The predicted octanol–water partition coefficient (Wildman–Crippen LogP) is 5.48. The Labute approximate surface area is 211 Å². The summed E-state index contributed by atoms with van der Waals surface area (Å²) in [4.78, 5) is 37.0. The highest BCUT2D eigenvalue weighted by Crippen LogP contribution is 2.22. The first-order chi connectivity index (χ1) is 17.4. The van der Waals surface area contributed by atoms with E-state index in [0.29, 0.717) is 27.4 Å². The van der Waals surface area contributed by atoms with Gasteiger partial charge in [-0.2, -0.15) is 5.10 Å². The van der Waals surface area contributed by atoms with E-state index in [2.05, 4.69) is 15.8 Å². The van der Waals surface area contributed by atoms with Crippen molar-refractivity contribution in [2.45, 2.75) is 6.92 Å². The van der Waals surface area contributed by atoms with Crippen LogP contribution in [-0.4, -0.2) is 24.0 Å². The number of aryl methyl sites for hydroxylation is 1. The summed E-state index contributed by atoms with van der Waals surface area (Å²) in [6.07, 6.45) is 2.67. The molecule has 9 heteroatoms. The summed E-state index contributed by atoms with van der Waals surface area (Å²) < 4.78 is 10.4. The van der Waals surface area contributed by atoms with E-state index in [4.69, 9.17) is 20.8 Å². The van der Waals surface area contributed by atoms with Crippen molar-refractivity contribution in [3.63, 3.8) is 0 Å². The number of nitrogens with one attached hydrogen (secondary N) is 2. The predicted molar refractivity (Wildman–Crippen MR) is 136 cm³/mol. The molecule has 0 radical (unpaired) electrons. The number of hydrogen-bond donors (Lipinski definition) is 2. The van der Waals surface area contributed by atoms with E-state index in [0.717, 1.165) is 5.56 Å². The van der Waals surface area contributed by atoms with Crippen molar-refractivity contribution in [1.29, 1.82) is 0 Å². The molecule has 4 aromatic rings. The molecular weight excluding hydrogens is 482 g/mol. The van der Waals surface area contributed by atoms with Crippen LogP contribution in [0.15, 0.2) is 94.6 Å². The van der Waals surface area contributed by atoms with Crippen molar-refractivity contribution in [2.75, 3.05) is 5.32 Å². The van der Waals surface area contributed by atoms with E-state index in [1.807, 2.05) is 19.1 Å². The number of carbonyl (C=O) groups excluding carboxylic acids is 3. The first kappa shape index (κ1) is 24.4. The summed E-state index contributed by atoms with van der Waals surface area (Å²) in [5, 5.41) is 7.13. The van der Waals surface area contributed by atoms with Crippen molar-refractivity contribution >= 4 is 41.3 Å². The third-order valence-electron chi connectivity index (χ3n) is 4.95. The van der Waals surface area contributed by atoms with Crippen LogP contribution in [0.25, 0.3) is 0 Å². The van der Waals surface area contributed by atoms with Gasteiger partial charge in [-0.1, -0.05) is 29.3 Å². The Hall–Kier alpha value is -4.69. The van der Waals surface area contributed by atoms with Gasteiger partial charge in [0, 0.05) is 27.4 Å². The Morgan fingerprint density at radius 2 is 1.72 bits per heavy atom. The Kier molecular flexibility index (Phi) is 7.57. The second-order valence-corrected chi connectivity index (χ2v) is 8.09. The largest absolute Gasteiger partial charge is 0.457 e. The van der Waals surface area contributed by atoms with Crippen molar-refractivity contribution in [1.82, 2.24) is 5.43 Å². The molecule has 0 unspecified atom stereocenters. The zero-order valence-corrected chi connectivity index (χ0v) is 19.8. The van der Waals surface area contributed by atoms with E-state index in [1.54, 1.807) is 48.5 Å². The Balaban J connectivity index is 1.38. The maximum atomic E-state index is 12.5. The SMILES string of the molecule is Cc1cccc(C(=O)Nc2ccc(C(=O)N/N=C/c3cc(Cl)ccc3OC(=O)c3ccco3)cc2)c1. The van der Waals surface area contributed by atoms with Gasteiger partial charge in [0.05, 0.1) is 12.5 Å². The number of hydrazone groups is 1. The highest BCUT2D eigenvalue weighted by atomic mass is 35.5. The third kappa shape index (κ3) is 6.25. The first-order valence-electron chi connectivity index (χ1n) is 10.8. The van der Waals surface area contributed by atoms with Gasteiger partial charge in [-0.05, 0) is 73.7 Å². The van der Waals surface area contributed by atoms with Crippen LogP contribution in [-0.2, 0) is 0 Å². The maximum absolute atomic E-state index is 12.5. The number of amides is 2. The van der Waals surface area contributed by atoms with E-state index < -0.39 is 11.9 Å². The second kappa shape index (κ2) is 11.2. The van der Waals surface area contributed by atoms with Crippen LogP contribution >= 0.6 is 11.6 Å². The number of halogens is 1. The quantitative estimate of drug-likeness (QED) is 0.151. The lowest BCUT2D eigenvalue weighted by atomic mass is 10.1. The molecule has 0 spiro atoms. The molecule has 36 heavy (non-hydrogen) atoms. The minimum Gasteiger partial charge on any atom is -0.457 e. The molecule has 0 fully saturated rings. The van der Waals surface area contributed by atoms with Crippen molar-refractivity contribution < 1.29 is 23.5 Å². The van der Waals surface area contributed by atoms with Crippen LogP contribution in [0, 0.1) is 6.92 Å². The number of esters is 1. The summed E-state index contributed by atoms with van der Waals surface area (Å²) in [7, 11) is 0. The second-order valence-electron chi connectivity index (χ2n) is 7.65. The first-order valence-corrected chi connectivity index (χ1v) is 11.1. The zero-order chi connectivity index (χ0) is 25.5. The standard InChI is InChI=1S/C27H20ClN3O5/c1-17-4-2-5-19(14-17)25(32)30-22-10-7-18(8-11-22)26(33)31-29-16-20-15-21(28)9-12-23(20)36-27(34)24-6-3-13-35-24/h2-16H,1H3,(H,30,32)(H,31,33)/b29-16+. The van der Waals surface area contributed by atoms with Crippen LogP contribution < -0.4 is 15.5 Å². The third-order valence-corrected chi connectivity index (χ3v) is 5.19. The smallest absolute Gasteiger partial charge is 0.379 e. The van der Waals surface area contributed by atoms with E-state index in [1.165, 1.54) is 30.7 Å². The maximum Gasteiger partial charge on any atom is 0.379 e. The molecule has 0 aliphatic rings. The molecule has 0 bridgehead atoms. The van der Waals surface area contributed by atoms with Crippen molar-refractivity contribution in [2.24, 2.45) is 5.10 Å². The molecule has 0 saturated heterocycles. The summed E-state index contributed by atoms with van der Waals surface area (Å²) in [6, 6.07) is 21.3. The zero-order valence-electron chi connectivity index (χ0n) is 19.0. The van der Waals surface area contributed by atoms with Gasteiger partial charge in [0.15, 0.2) is 0 Å². The fourth-order valence-corrected chi connectivity index (χ4v) is 3.36. The molecule has 0 aliphatic heterocycles. The number of rotatable bonds is 7. The number of hydrogen-bond acceptors (Lipinski definition) is 6. The molecule has 3 aromatic carbocycles. The molecule has 2 amide bonds. The van der Waals surface area contributed by atoms with Gasteiger partial charge >= 0.3 is 5.97 Å². The van der Waals surface area contributed by atoms with Crippen LogP contribution in [0.5, 0.6) is 5.75 Å². The molecular formula is C27H20ClN3O5. The highest BCUT2D eigenvalue weighted by molar-refractivity contribution is 6.31. The summed E-state index contributed by atoms with van der Waals surface area (Å²) in [5.74, 6) is -1.17. The van der Waals surface area contributed by atoms with Crippen molar-refractivity contribution in [3.05, 3.63) is 118 Å². The highest BCUT2D eigenvalue weighted by Gasteiger charge is 2.14. The normalized spacial score (nSPS) is 10.7.